The Balaban J connectivity index is 1.94. The van der Waals surface area contributed by atoms with Crippen LogP contribution >= 0.6 is 0 Å². The molecule has 37 heavy (non-hydrogen) atoms. The van der Waals surface area contributed by atoms with Gasteiger partial charge in [0, 0.05) is 42.9 Å². The molecule has 0 aliphatic heterocycles. The number of ether oxygens (including phenoxy) is 2. The molecule has 3 aromatic rings. The van der Waals surface area contributed by atoms with Crippen LogP contribution in [-0.2, 0) is 0 Å². The molecule has 0 spiro atoms. The van der Waals surface area contributed by atoms with Crippen LogP contribution in [-0.4, -0.2) is 53.6 Å². The highest BCUT2D eigenvalue weighted by molar-refractivity contribution is 6.13. The average molecular weight is 511 g/mol. The summed E-state index contributed by atoms with van der Waals surface area (Å²) in [4.78, 5) is 19.9. The number of hydrogen-bond donors (Lipinski definition) is 1. The topological polar surface area (TPSA) is 80.4 Å². The predicted octanol–water partition coefficient (Wildman–Crippen LogP) is 5.14. The molecule has 0 fully saturated rings. The van der Waals surface area contributed by atoms with E-state index < -0.39 is 17.8 Å². The summed E-state index contributed by atoms with van der Waals surface area (Å²) in [5.74, 6) is 0.316. The summed E-state index contributed by atoms with van der Waals surface area (Å²) in [6, 6.07) is 11.2. The van der Waals surface area contributed by atoms with Gasteiger partial charge in [-0.1, -0.05) is 6.08 Å². The maximum absolute atomic E-state index is 13.9. The van der Waals surface area contributed by atoms with Crippen LogP contribution in [0.15, 0.2) is 77.3 Å². The fraction of sp³-hybridized carbons (Fsp3) is 0.222. The van der Waals surface area contributed by atoms with E-state index in [0.29, 0.717) is 39.2 Å². The van der Waals surface area contributed by atoms with Crippen molar-refractivity contribution in [2.75, 3.05) is 21.2 Å². The van der Waals surface area contributed by atoms with E-state index in [9.17, 15) is 18.0 Å². The Labute approximate surface area is 211 Å². The predicted molar refractivity (Wildman–Crippen MR) is 137 cm³/mol. The third kappa shape index (κ3) is 5.42. The normalized spacial score (nSPS) is 15.6. The van der Waals surface area contributed by atoms with Crippen LogP contribution in [0.5, 0.6) is 11.6 Å². The number of methoxy groups -OCH3 is 1. The van der Waals surface area contributed by atoms with Crippen molar-refractivity contribution in [3.8, 4) is 17.3 Å². The van der Waals surface area contributed by atoms with Crippen LogP contribution in [0.1, 0.15) is 12.5 Å². The number of rotatable bonds is 6. The van der Waals surface area contributed by atoms with E-state index in [-0.39, 0.29) is 11.5 Å². The second kappa shape index (κ2) is 9.96. The summed E-state index contributed by atoms with van der Waals surface area (Å²) in [7, 11) is 5.19. The molecule has 10 heteroatoms. The van der Waals surface area contributed by atoms with Crippen molar-refractivity contribution in [3.63, 3.8) is 0 Å². The second-order valence-electron chi connectivity index (χ2n) is 8.66. The first-order chi connectivity index (χ1) is 17.5. The Kier molecular flexibility index (Phi) is 6.93. The quantitative estimate of drug-likeness (QED) is 0.497. The van der Waals surface area contributed by atoms with Gasteiger partial charge in [0.15, 0.2) is 11.8 Å². The number of alkyl halides is 3. The molecular weight excluding hydrogens is 485 g/mol. The van der Waals surface area contributed by atoms with Gasteiger partial charge in [-0.15, -0.1) is 0 Å². The summed E-state index contributed by atoms with van der Waals surface area (Å²) in [6.07, 6.45) is 0.182. The van der Waals surface area contributed by atoms with Gasteiger partial charge in [0.2, 0.25) is 5.88 Å². The van der Waals surface area contributed by atoms with Crippen LogP contribution in [0.2, 0.25) is 0 Å². The van der Waals surface area contributed by atoms with Gasteiger partial charge in [-0.2, -0.15) is 18.2 Å². The van der Waals surface area contributed by atoms with Gasteiger partial charge < -0.3 is 19.8 Å². The molecule has 192 valence electrons. The zero-order valence-corrected chi connectivity index (χ0v) is 20.6. The van der Waals surface area contributed by atoms with Gasteiger partial charge >= 0.3 is 6.18 Å². The van der Waals surface area contributed by atoms with Crippen molar-refractivity contribution >= 4 is 22.3 Å². The molecule has 4 rings (SSSR count). The SMILES string of the molecule is COc1ccc(-n2c(=O)c(C3=C/C(=C/N(C)C)C(=N)C=C3)cc3ccc(OC(C)C(F)(F)F)nc32)cc1. The summed E-state index contributed by atoms with van der Waals surface area (Å²) in [6.45, 7) is 0.893. The van der Waals surface area contributed by atoms with Crippen LogP contribution in [0.4, 0.5) is 13.2 Å². The number of aromatic nitrogens is 2. The maximum atomic E-state index is 13.9. The van der Waals surface area contributed by atoms with E-state index >= 15 is 0 Å². The van der Waals surface area contributed by atoms with Crippen molar-refractivity contribution < 1.29 is 22.6 Å². The van der Waals surface area contributed by atoms with Crippen LogP contribution in [0.25, 0.3) is 22.3 Å². The lowest BCUT2D eigenvalue weighted by molar-refractivity contribution is -0.189. The summed E-state index contributed by atoms with van der Waals surface area (Å²) in [5.41, 5.74) is 2.02. The molecule has 0 amide bonds. The summed E-state index contributed by atoms with van der Waals surface area (Å²) in [5, 5.41) is 8.71. The molecule has 0 radical (unpaired) electrons. The highest BCUT2D eigenvalue weighted by Gasteiger charge is 2.38. The number of nitrogens with one attached hydrogen (secondary N) is 1. The highest BCUT2D eigenvalue weighted by Crippen LogP contribution is 2.28. The molecule has 2 heterocycles. The van der Waals surface area contributed by atoms with E-state index in [0.717, 1.165) is 6.92 Å². The molecule has 0 bridgehead atoms. The largest absolute Gasteiger partial charge is 0.497 e. The minimum absolute atomic E-state index is 0.142. The zero-order valence-electron chi connectivity index (χ0n) is 20.6. The van der Waals surface area contributed by atoms with E-state index in [4.69, 9.17) is 14.9 Å². The first kappa shape index (κ1) is 25.7. The number of benzene rings is 1. The molecule has 2 aromatic heterocycles. The minimum atomic E-state index is -4.57. The van der Waals surface area contributed by atoms with Crippen molar-refractivity contribution in [3.05, 3.63) is 88.4 Å². The fourth-order valence-corrected chi connectivity index (χ4v) is 3.77. The zero-order chi connectivity index (χ0) is 26.9. The van der Waals surface area contributed by atoms with Crippen LogP contribution in [0.3, 0.4) is 0 Å². The van der Waals surface area contributed by atoms with Crippen molar-refractivity contribution in [1.29, 1.82) is 5.41 Å². The summed E-state index contributed by atoms with van der Waals surface area (Å²) < 4.78 is 50.8. The van der Waals surface area contributed by atoms with Crippen LogP contribution < -0.4 is 15.0 Å². The average Bonchev–Trinajstić information content (AvgIpc) is 2.84. The van der Waals surface area contributed by atoms with Crippen LogP contribution in [0, 0.1) is 5.41 Å². The fourth-order valence-electron chi connectivity index (χ4n) is 3.77. The molecule has 0 saturated carbocycles. The molecular formula is C27H25F3N4O3. The molecule has 1 aliphatic rings. The molecule has 1 N–H and O–H groups in total. The second-order valence-corrected chi connectivity index (χ2v) is 8.66. The van der Waals surface area contributed by atoms with Gasteiger partial charge in [-0.05, 0) is 61.0 Å². The highest BCUT2D eigenvalue weighted by atomic mass is 19.4. The molecule has 7 nitrogen and oxygen atoms in total. The standard InChI is InChI=1S/C27H25F3N4O3/c1-16(27(28,29)30)37-24-12-6-18-14-22(17-5-11-23(31)19(13-17)15-33(2)3)26(35)34(25(18)32-24)20-7-9-21(36-4)10-8-20/h5-16,31H,1-4H3/b19-15-,31-23?. The Bertz CT molecular complexity index is 1500. The lowest BCUT2D eigenvalue weighted by Crippen LogP contribution is -2.31. The van der Waals surface area contributed by atoms with E-state index in [1.165, 1.54) is 17.7 Å². The molecule has 0 saturated heterocycles. The maximum Gasteiger partial charge on any atom is 0.425 e. The molecule has 1 aromatic carbocycles. The van der Waals surface area contributed by atoms with Gasteiger partial charge in [0.1, 0.15) is 5.75 Å². The summed E-state index contributed by atoms with van der Waals surface area (Å²) >= 11 is 0. The molecule has 1 aliphatic carbocycles. The van der Waals surface area contributed by atoms with Crippen molar-refractivity contribution in [2.24, 2.45) is 0 Å². The smallest absolute Gasteiger partial charge is 0.425 e. The Morgan fingerprint density at radius 3 is 2.43 bits per heavy atom. The number of nitrogens with zero attached hydrogens (tertiary/aromatic N) is 3. The van der Waals surface area contributed by atoms with Crippen molar-refractivity contribution in [1.82, 2.24) is 14.5 Å². The third-order valence-corrected chi connectivity index (χ3v) is 5.67. The first-order valence-corrected chi connectivity index (χ1v) is 11.3. The number of pyridine rings is 2. The number of hydrogen-bond acceptors (Lipinski definition) is 6. The van der Waals surface area contributed by atoms with E-state index in [1.807, 2.05) is 14.1 Å². The Morgan fingerprint density at radius 2 is 1.81 bits per heavy atom. The molecule has 1 unspecified atom stereocenters. The Morgan fingerprint density at radius 1 is 1.11 bits per heavy atom. The number of allylic oxidation sites excluding steroid dienone is 5. The van der Waals surface area contributed by atoms with Gasteiger partial charge in [-0.3, -0.25) is 9.36 Å². The van der Waals surface area contributed by atoms with Gasteiger partial charge in [-0.25, -0.2) is 0 Å². The minimum Gasteiger partial charge on any atom is -0.497 e. The van der Waals surface area contributed by atoms with Crippen molar-refractivity contribution in [2.45, 2.75) is 19.2 Å². The lowest BCUT2D eigenvalue weighted by Gasteiger charge is -2.19. The first-order valence-electron chi connectivity index (χ1n) is 11.3. The van der Waals surface area contributed by atoms with E-state index in [2.05, 4.69) is 4.98 Å². The monoisotopic (exact) mass is 510 g/mol. The number of halogens is 3. The Hall–Kier alpha value is -4.34. The lowest BCUT2D eigenvalue weighted by atomic mass is 9.95. The third-order valence-electron chi connectivity index (χ3n) is 5.67. The van der Waals surface area contributed by atoms with Gasteiger partial charge in [0.25, 0.3) is 5.56 Å². The van der Waals surface area contributed by atoms with E-state index in [1.54, 1.807) is 65.7 Å². The number of fused-ring (bicyclic) bond motifs is 1. The molecule has 1 atom stereocenters. The van der Waals surface area contributed by atoms with Gasteiger partial charge in [0.05, 0.1) is 18.5 Å².